The second-order valence-corrected chi connectivity index (χ2v) is 6.48. The summed E-state index contributed by atoms with van der Waals surface area (Å²) in [7, 11) is 2.01. The van der Waals surface area contributed by atoms with Gasteiger partial charge < -0.3 is 5.32 Å². The van der Waals surface area contributed by atoms with Crippen LogP contribution in [0.5, 0.6) is 0 Å². The highest BCUT2D eigenvalue weighted by molar-refractivity contribution is 6.30. The van der Waals surface area contributed by atoms with Crippen molar-refractivity contribution in [3.8, 4) is 0 Å². The maximum Gasteiger partial charge on any atom is 0.269 e. The molecule has 4 nitrogen and oxygen atoms in total. The fourth-order valence-corrected chi connectivity index (χ4v) is 3.39. The Balaban J connectivity index is 1.70. The van der Waals surface area contributed by atoms with E-state index in [9.17, 15) is 9.18 Å². The van der Waals surface area contributed by atoms with Crippen LogP contribution in [0.2, 0.25) is 5.02 Å². The zero-order valence-electron chi connectivity index (χ0n) is 13.4. The summed E-state index contributed by atoms with van der Waals surface area (Å²) in [4.78, 5) is 18.4. The Kier molecular flexibility index (Phi) is 5.11. The topological polar surface area (TPSA) is 45.2 Å². The van der Waals surface area contributed by atoms with Gasteiger partial charge in [-0.15, -0.1) is 0 Å². The van der Waals surface area contributed by atoms with E-state index in [1.165, 1.54) is 6.07 Å². The van der Waals surface area contributed by atoms with Crippen LogP contribution in [-0.2, 0) is 0 Å². The monoisotopic (exact) mass is 347 g/mol. The molecule has 1 amide bonds. The number of amides is 1. The number of nitrogens with one attached hydrogen (secondary N) is 1. The van der Waals surface area contributed by atoms with Crippen LogP contribution in [0.1, 0.15) is 28.5 Å². The summed E-state index contributed by atoms with van der Waals surface area (Å²) in [5, 5.41) is 3.06. The second kappa shape index (κ2) is 7.28. The lowest BCUT2D eigenvalue weighted by Gasteiger charge is -2.26. The highest BCUT2D eigenvalue weighted by Crippen LogP contribution is 2.36. The largest absolute Gasteiger partial charge is 0.350 e. The third-order valence-corrected chi connectivity index (χ3v) is 4.79. The number of aromatic nitrogens is 1. The number of nitrogens with zero attached hydrogens (tertiary/aromatic N) is 2. The van der Waals surface area contributed by atoms with Crippen molar-refractivity contribution in [3.05, 3.63) is 64.7 Å². The highest BCUT2D eigenvalue weighted by Gasteiger charge is 2.33. The summed E-state index contributed by atoms with van der Waals surface area (Å²) < 4.78 is 13.8. The van der Waals surface area contributed by atoms with E-state index in [0.29, 0.717) is 12.2 Å². The number of likely N-dealkylation sites (tertiary alicyclic amines) is 1. The molecular formula is C18H19ClFN3O. The maximum absolute atomic E-state index is 13.8. The van der Waals surface area contributed by atoms with Crippen LogP contribution in [-0.4, -0.2) is 35.9 Å². The lowest BCUT2D eigenvalue weighted by Crippen LogP contribution is -2.32. The van der Waals surface area contributed by atoms with E-state index >= 15 is 0 Å². The van der Waals surface area contributed by atoms with Crippen molar-refractivity contribution in [2.24, 2.45) is 5.92 Å². The molecule has 0 radical (unpaired) electrons. The Labute approximate surface area is 145 Å². The quantitative estimate of drug-likeness (QED) is 0.923. The molecule has 0 spiro atoms. The fourth-order valence-electron chi connectivity index (χ4n) is 3.27. The van der Waals surface area contributed by atoms with Crippen molar-refractivity contribution in [1.82, 2.24) is 15.2 Å². The molecule has 1 aliphatic heterocycles. The molecule has 0 unspecified atom stereocenters. The lowest BCUT2D eigenvalue weighted by atomic mass is 9.93. The number of pyridine rings is 1. The molecular weight excluding hydrogens is 329 g/mol. The number of carbonyl (C=O) groups excluding carboxylic acids is 1. The van der Waals surface area contributed by atoms with E-state index in [2.05, 4.69) is 15.2 Å². The third kappa shape index (κ3) is 3.57. The highest BCUT2D eigenvalue weighted by atomic mass is 35.5. The normalized spacial score (nSPS) is 21.0. The molecule has 1 aromatic carbocycles. The molecule has 24 heavy (non-hydrogen) atoms. The first-order chi connectivity index (χ1) is 11.6. The third-order valence-electron chi connectivity index (χ3n) is 4.48. The Morgan fingerprint density at radius 1 is 1.42 bits per heavy atom. The van der Waals surface area contributed by atoms with Gasteiger partial charge in [0.2, 0.25) is 0 Å². The van der Waals surface area contributed by atoms with Crippen LogP contribution in [0.25, 0.3) is 0 Å². The van der Waals surface area contributed by atoms with Gasteiger partial charge in [0.05, 0.1) is 5.02 Å². The van der Waals surface area contributed by atoms with Gasteiger partial charge in [0.15, 0.2) is 0 Å². The fraction of sp³-hybridized carbons (Fsp3) is 0.333. The molecule has 1 saturated heterocycles. The summed E-state index contributed by atoms with van der Waals surface area (Å²) in [6, 6.07) is 10.2. The first-order valence-electron chi connectivity index (χ1n) is 7.90. The minimum atomic E-state index is -0.411. The van der Waals surface area contributed by atoms with E-state index in [4.69, 9.17) is 11.6 Å². The van der Waals surface area contributed by atoms with Crippen molar-refractivity contribution in [1.29, 1.82) is 0 Å². The molecule has 126 valence electrons. The van der Waals surface area contributed by atoms with Gasteiger partial charge in [-0.2, -0.15) is 0 Å². The number of hydrogen-bond donors (Lipinski definition) is 1. The number of hydrogen-bond acceptors (Lipinski definition) is 3. The minimum absolute atomic E-state index is 0.0563. The smallest absolute Gasteiger partial charge is 0.269 e. The summed E-state index contributed by atoms with van der Waals surface area (Å²) in [5.74, 6) is -0.389. The summed E-state index contributed by atoms with van der Waals surface area (Å²) in [5.41, 5.74) is 1.28. The van der Waals surface area contributed by atoms with E-state index in [1.54, 1.807) is 30.5 Å². The van der Waals surface area contributed by atoms with Crippen LogP contribution in [0.3, 0.4) is 0 Å². The number of benzene rings is 1. The zero-order valence-corrected chi connectivity index (χ0v) is 14.1. The number of rotatable bonds is 4. The van der Waals surface area contributed by atoms with Gasteiger partial charge in [-0.1, -0.05) is 23.7 Å². The van der Waals surface area contributed by atoms with Crippen molar-refractivity contribution < 1.29 is 9.18 Å². The van der Waals surface area contributed by atoms with Crippen molar-refractivity contribution in [3.63, 3.8) is 0 Å². The predicted molar refractivity (Wildman–Crippen MR) is 91.5 cm³/mol. The molecule has 1 N–H and O–H groups in total. The predicted octanol–water partition coefficient (Wildman–Crippen LogP) is 3.30. The molecule has 3 rings (SSSR count). The molecule has 1 aromatic heterocycles. The zero-order chi connectivity index (χ0) is 17.1. The summed E-state index contributed by atoms with van der Waals surface area (Å²) in [6.45, 7) is 1.42. The van der Waals surface area contributed by atoms with Crippen LogP contribution >= 0.6 is 11.6 Å². The first-order valence-corrected chi connectivity index (χ1v) is 8.28. The summed E-state index contributed by atoms with van der Waals surface area (Å²) >= 11 is 5.78. The van der Waals surface area contributed by atoms with Gasteiger partial charge in [0, 0.05) is 18.8 Å². The van der Waals surface area contributed by atoms with Gasteiger partial charge in [0.1, 0.15) is 11.5 Å². The number of carbonyl (C=O) groups is 1. The maximum atomic E-state index is 13.8. The van der Waals surface area contributed by atoms with Crippen LogP contribution < -0.4 is 5.32 Å². The molecule has 6 heteroatoms. The molecule has 0 aliphatic carbocycles. The SMILES string of the molecule is CN1CC[C@@H](CNC(=O)c2ccccn2)[C@H]1c1ccc(Cl)c(F)c1. The van der Waals surface area contributed by atoms with Crippen molar-refractivity contribution in [2.45, 2.75) is 12.5 Å². The first kappa shape index (κ1) is 16.9. The van der Waals surface area contributed by atoms with Crippen LogP contribution in [0, 0.1) is 11.7 Å². The van der Waals surface area contributed by atoms with Crippen molar-refractivity contribution in [2.75, 3.05) is 20.1 Å². The standard InChI is InChI=1S/C18H19ClFN3O/c1-23-9-7-13(11-22-18(24)16-4-2-3-8-21-16)17(23)12-5-6-14(19)15(20)10-12/h2-6,8,10,13,17H,7,9,11H2,1H3,(H,22,24)/t13-,17+/m0/s1. The number of halogens is 2. The second-order valence-electron chi connectivity index (χ2n) is 6.07. The Hall–Kier alpha value is -1.98. The molecule has 0 saturated carbocycles. The van der Waals surface area contributed by atoms with Gasteiger partial charge >= 0.3 is 0 Å². The molecule has 1 fully saturated rings. The van der Waals surface area contributed by atoms with Crippen molar-refractivity contribution >= 4 is 17.5 Å². The van der Waals surface area contributed by atoms with E-state index in [-0.39, 0.29) is 22.9 Å². The Bertz CT molecular complexity index is 725. The molecule has 2 heterocycles. The molecule has 2 atom stereocenters. The molecule has 2 aromatic rings. The molecule has 0 bridgehead atoms. The van der Waals surface area contributed by atoms with Gasteiger partial charge in [0.25, 0.3) is 5.91 Å². The van der Waals surface area contributed by atoms with Gasteiger partial charge in [-0.25, -0.2) is 4.39 Å². The van der Waals surface area contributed by atoms with Gasteiger partial charge in [-0.05, 0) is 55.8 Å². The van der Waals surface area contributed by atoms with Gasteiger partial charge in [-0.3, -0.25) is 14.7 Å². The lowest BCUT2D eigenvalue weighted by molar-refractivity contribution is 0.0938. The van der Waals surface area contributed by atoms with Crippen LogP contribution in [0.15, 0.2) is 42.6 Å². The minimum Gasteiger partial charge on any atom is -0.350 e. The van der Waals surface area contributed by atoms with E-state index in [0.717, 1.165) is 18.5 Å². The average molecular weight is 348 g/mol. The van der Waals surface area contributed by atoms with Crippen LogP contribution in [0.4, 0.5) is 4.39 Å². The van der Waals surface area contributed by atoms with E-state index < -0.39 is 5.82 Å². The average Bonchev–Trinajstić information content (AvgIpc) is 2.96. The Morgan fingerprint density at radius 2 is 2.25 bits per heavy atom. The Morgan fingerprint density at radius 3 is 2.96 bits per heavy atom. The summed E-state index contributed by atoms with van der Waals surface area (Å²) in [6.07, 6.45) is 2.53. The van der Waals surface area contributed by atoms with E-state index in [1.807, 2.05) is 13.1 Å². The molecule has 1 aliphatic rings.